The van der Waals surface area contributed by atoms with Crippen molar-refractivity contribution in [2.24, 2.45) is 5.73 Å². The summed E-state index contributed by atoms with van der Waals surface area (Å²) in [6.07, 6.45) is 0. The van der Waals surface area contributed by atoms with Crippen molar-refractivity contribution in [3.63, 3.8) is 0 Å². The Morgan fingerprint density at radius 1 is 1.03 bits per heavy atom. The van der Waals surface area contributed by atoms with Crippen molar-refractivity contribution in [3.05, 3.63) is 42.5 Å². The molecule has 0 saturated carbocycles. The summed E-state index contributed by atoms with van der Waals surface area (Å²) >= 11 is 0. The Kier molecular flexibility index (Phi) is 5.97. The first-order valence-corrected chi connectivity index (χ1v) is 11.3. The van der Waals surface area contributed by atoms with Gasteiger partial charge in [-0.1, -0.05) is 18.2 Å². The van der Waals surface area contributed by atoms with E-state index in [-0.39, 0.29) is 17.9 Å². The molecule has 7 nitrogen and oxygen atoms in total. The molecular formula is C25H33N5O2. The molecule has 2 heterocycles. The molecule has 3 N–H and O–H groups in total. The fourth-order valence-corrected chi connectivity index (χ4v) is 4.71. The van der Waals surface area contributed by atoms with Crippen LogP contribution >= 0.6 is 0 Å². The standard InChI is InChI=1S/C25H33N5O2/c1-5-30-21-9-7-6-8-19(21)20-16-18(10-11-22(20)30)27-23(31)17(2)28-12-14-29(15-13-28)25(3,4)24(26)32/h6-11,16-17H,5,12-15H2,1-4H3,(H2,26,32)(H,27,31). The second-order valence-corrected chi connectivity index (χ2v) is 9.10. The number of carbonyl (C=O) groups is 2. The van der Waals surface area contributed by atoms with E-state index < -0.39 is 5.54 Å². The minimum Gasteiger partial charge on any atom is -0.368 e. The normalized spacial score (nSPS) is 17.0. The van der Waals surface area contributed by atoms with E-state index in [0.717, 1.165) is 17.6 Å². The van der Waals surface area contributed by atoms with Crippen molar-refractivity contribution in [1.82, 2.24) is 14.4 Å². The zero-order valence-electron chi connectivity index (χ0n) is 19.4. The third-order valence-corrected chi connectivity index (χ3v) is 6.99. The van der Waals surface area contributed by atoms with Gasteiger partial charge in [0, 0.05) is 60.2 Å². The van der Waals surface area contributed by atoms with E-state index in [1.807, 2.05) is 32.9 Å². The number of piperazine rings is 1. The number of hydrogen-bond donors (Lipinski definition) is 2. The number of aromatic nitrogens is 1. The molecular weight excluding hydrogens is 402 g/mol. The van der Waals surface area contributed by atoms with Crippen molar-refractivity contribution in [2.75, 3.05) is 31.5 Å². The van der Waals surface area contributed by atoms with Gasteiger partial charge in [0.15, 0.2) is 0 Å². The van der Waals surface area contributed by atoms with E-state index >= 15 is 0 Å². The summed E-state index contributed by atoms with van der Waals surface area (Å²) in [5, 5.41) is 5.45. The molecule has 32 heavy (non-hydrogen) atoms. The SMILES string of the molecule is CCn1c2ccccc2c2cc(NC(=O)C(C)N3CCN(C(C)(C)C(N)=O)CC3)ccc21. The van der Waals surface area contributed by atoms with E-state index in [0.29, 0.717) is 26.2 Å². The first-order valence-electron chi connectivity index (χ1n) is 11.3. The fourth-order valence-electron chi connectivity index (χ4n) is 4.71. The highest BCUT2D eigenvalue weighted by atomic mass is 16.2. The molecule has 0 spiro atoms. The Bertz CT molecular complexity index is 1160. The Morgan fingerprint density at radius 2 is 1.69 bits per heavy atom. The van der Waals surface area contributed by atoms with Gasteiger partial charge in [-0.25, -0.2) is 0 Å². The van der Waals surface area contributed by atoms with E-state index in [2.05, 4.69) is 56.9 Å². The topological polar surface area (TPSA) is 83.6 Å². The summed E-state index contributed by atoms with van der Waals surface area (Å²) in [7, 11) is 0. The maximum absolute atomic E-state index is 13.0. The molecule has 1 aromatic heterocycles. The number of nitrogens with one attached hydrogen (secondary N) is 1. The van der Waals surface area contributed by atoms with E-state index in [4.69, 9.17) is 5.73 Å². The van der Waals surface area contributed by atoms with Gasteiger partial charge >= 0.3 is 0 Å². The molecule has 0 aliphatic carbocycles. The Morgan fingerprint density at radius 3 is 2.34 bits per heavy atom. The van der Waals surface area contributed by atoms with Gasteiger partial charge in [-0.15, -0.1) is 0 Å². The monoisotopic (exact) mass is 435 g/mol. The number of rotatable bonds is 6. The molecule has 1 fully saturated rings. The van der Waals surface area contributed by atoms with Crippen LogP contribution in [0.2, 0.25) is 0 Å². The molecule has 2 aromatic carbocycles. The van der Waals surface area contributed by atoms with Gasteiger partial charge in [-0.05, 0) is 52.0 Å². The van der Waals surface area contributed by atoms with Crippen molar-refractivity contribution < 1.29 is 9.59 Å². The lowest BCUT2D eigenvalue weighted by molar-refractivity contribution is -0.131. The Labute approximate surface area is 189 Å². The summed E-state index contributed by atoms with van der Waals surface area (Å²) in [4.78, 5) is 29.0. The van der Waals surface area contributed by atoms with Crippen LogP contribution in [-0.4, -0.2) is 63.9 Å². The Hall–Kier alpha value is -2.90. The summed E-state index contributed by atoms with van der Waals surface area (Å²) in [5.74, 6) is -0.345. The highest BCUT2D eigenvalue weighted by Crippen LogP contribution is 2.31. The van der Waals surface area contributed by atoms with Crippen LogP contribution in [-0.2, 0) is 16.1 Å². The lowest BCUT2D eigenvalue weighted by Crippen LogP contribution is -2.61. The summed E-state index contributed by atoms with van der Waals surface area (Å²) in [6, 6.07) is 14.2. The second kappa shape index (κ2) is 8.56. The molecule has 1 unspecified atom stereocenters. The first-order chi connectivity index (χ1) is 15.2. The molecule has 1 aliphatic rings. The van der Waals surface area contributed by atoms with Crippen molar-refractivity contribution in [3.8, 4) is 0 Å². The number of nitrogens with two attached hydrogens (primary N) is 1. The van der Waals surface area contributed by atoms with Crippen molar-refractivity contribution in [1.29, 1.82) is 0 Å². The van der Waals surface area contributed by atoms with E-state index in [1.54, 1.807) is 0 Å². The number of primary amides is 1. The van der Waals surface area contributed by atoms with E-state index in [9.17, 15) is 9.59 Å². The number of para-hydroxylation sites is 1. The molecule has 1 aliphatic heterocycles. The van der Waals surface area contributed by atoms with Crippen LogP contribution in [0.3, 0.4) is 0 Å². The number of hydrogen-bond acceptors (Lipinski definition) is 4. The molecule has 170 valence electrons. The number of benzene rings is 2. The van der Waals surface area contributed by atoms with Crippen LogP contribution in [0.5, 0.6) is 0 Å². The summed E-state index contributed by atoms with van der Waals surface area (Å²) < 4.78 is 2.30. The lowest BCUT2D eigenvalue weighted by atomic mass is 10.0. The maximum Gasteiger partial charge on any atom is 0.241 e. The fraction of sp³-hybridized carbons (Fsp3) is 0.440. The molecule has 1 saturated heterocycles. The summed E-state index contributed by atoms with van der Waals surface area (Å²) in [5.41, 5.74) is 8.07. The number of aryl methyl sites for hydroxylation is 1. The predicted molar refractivity (Wildman–Crippen MR) is 130 cm³/mol. The summed E-state index contributed by atoms with van der Waals surface area (Å²) in [6.45, 7) is 11.5. The van der Waals surface area contributed by atoms with Gasteiger partial charge in [0.25, 0.3) is 0 Å². The zero-order chi connectivity index (χ0) is 23.0. The largest absolute Gasteiger partial charge is 0.368 e. The molecule has 4 rings (SSSR count). The predicted octanol–water partition coefficient (Wildman–Crippen LogP) is 3.02. The number of fused-ring (bicyclic) bond motifs is 3. The number of anilines is 1. The van der Waals surface area contributed by atoms with Gasteiger partial charge in [-0.3, -0.25) is 19.4 Å². The molecule has 7 heteroatoms. The van der Waals surface area contributed by atoms with Gasteiger partial charge in [0.05, 0.1) is 11.6 Å². The zero-order valence-corrected chi connectivity index (χ0v) is 19.4. The first kappa shape index (κ1) is 22.3. The highest BCUT2D eigenvalue weighted by molar-refractivity contribution is 6.10. The van der Waals surface area contributed by atoms with Gasteiger partial charge < -0.3 is 15.6 Å². The van der Waals surface area contributed by atoms with Crippen LogP contribution in [0.4, 0.5) is 5.69 Å². The minimum absolute atomic E-state index is 0.0220. The maximum atomic E-state index is 13.0. The van der Waals surface area contributed by atoms with Gasteiger partial charge in [0.2, 0.25) is 11.8 Å². The Balaban J connectivity index is 1.47. The van der Waals surface area contributed by atoms with Crippen molar-refractivity contribution >= 4 is 39.3 Å². The molecule has 3 aromatic rings. The molecule has 2 amide bonds. The van der Waals surface area contributed by atoms with Crippen LogP contribution in [0, 0.1) is 0 Å². The van der Waals surface area contributed by atoms with Crippen molar-refractivity contribution in [2.45, 2.75) is 45.8 Å². The highest BCUT2D eigenvalue weighted by Gasteiger charge is 2.36. The van der Waals surface area contributed by atoms with E-state index in [1.165, 1.54) is 16.4 Å². The lowest BCUT2D eigenvalue weighted by Gasteiger charge is -2.43. The minimum atomic E-state index is -0.676. The molecule has 0 radical (unpaired) electrons. The number of amides is 2. The van der Waals surface area contributed by atoms with Gasteiger partial charge in [0.1, 0.15) is 0 Å². The smallest absolute Gasteiger partial charge is 0.241 e. The molecule has 0 bridgehead atoms. The third-order valence-electron chi connectivity index (χ3n) is 6.99. The van der Waals surface area contributed by atoms with Gasteiger partial charge in [-0.2, -0.15) is 0 Å². The number of carbonyl (C=O) groups excluding carboxylic acids is 2. The number of nitrogens with zero attached hydrogens (tertiary/aromatic N) is 3. The van der Waals surface area contributed by atoms with Crippen LogP contribution in [0.25, 0.3) is 21.8 Å². The average molecular weight is 436 g/mol. The quantitative estimate of drug-likeness (QED) is 0.623. The van der Waals surface area contributed by atoms with Crippen LogP contribution in [0.15, 0.2) is 42.5 Å². The van der Waals surface area contributed by atoms with Crippen LogP contribution in [0.1, 0.15) is 27.7 Å². The average Bonchev–Trinajstić information content (AvgIpc) is 3.11. The second-order valence-electron chi connectivity index (χ2n) is 9.10. The third kappa shape index (κ3) is 3.87. The molecule has 1 atom stereocenters. The van der Waals surface area contributed by atoms with Crippen LogP contribution < -0.4 is 11.1 Å².